The summed E-state index contributed by atoms with van der Waals surface area (Å²) in [5.41, 5.74) is 3.08. The van der Waals surface area contributed by atoms with Crippen molar-refractivity contribution in [3.8, 4) is 22.8 Å². The SMILES string of the molecule is CCOC(=O)C(Cc1ccc(O[Si](C)(C)C(C)(C)C)c(O[Si](C)(C)C(C)(C)C)c1)NC(=O)Cc1c(-c2ccc(Cl)cc2)nc2c(Cl)cc(Cl)cn12. The summed E-state index contributed by atoms with van der Waals surface area (Å²) in [7, 11) is -4.50. The van der Waals surface area contributed by atoms with Crippen LogP contribution >= 0.6 is 34.8 Å². The topological polar surface area (TPSA) is 91.2 Å². The van der Waals surface area contributed by atoms with E-state index < -0.39 is 34.6 Å². The van der Waals surface area contributed by atoms with Crippen LogP contribution in [-0.2, 0) is 27.2 Å². The molecule has 1 atom stereocenters. The number of nitrogens with one attached hydrogen (secondary N) is 1. The Labute approximate surface area is 319 Å². The molecule has 0 aliphatic heterocycles. The molecule has 276 valence electrons. The third-order valence-electron chi connectivity index (χ3n) is 9.88. The lowest BCUT2D eigenvalue weighted by atomic mass is 10.0. The lowest BCUT2D eigenvalue weighted by Gasteiger charge is -2.39. The number of hydrogen-bond acceptors (Lipinski definition) is 6. The molecule has 1 unspecified atom stereocenters. The van der Waals surface area contributed by atoms with E-state index in [0.29, 0.717) is 43.6 Å². The molecule has 2 aromatic heterocycles. The molecule has 8 nitrogen and oxygen atoms in total. The number of fused-ring (bicyclic) bond motifs is 1. The molecule has 0 aliphatic carbocycles. The van der Waals surface area contributed by atoms with Crippen molar-refractivity contribution in [3.63, 3.8) is 0 Å². The predicted molar refractivity (Wildman–Crippen MR) is 214 cm³/mol. The molecule has 0 bridgehead atoms. The average molecular weight is 791 g/mol. The molecule has 13 heteroatoms. The number of halogens is 3. The van der Waals surface area contributed by atoms with E-state index in [1.54, 1.807) is 35.7 Å². The maximum absolute atomic E-state index is 13.9. The number of imidazole rings is 1. The summed E-state index contributed by atoms with van der Waals surface area (Å²) in [6.45, 7) is 23.8. The Bertz CT molecular complexity index is 1900. The van der Waals surface area contributed by atoms with Gasteiger partial charge in [-0.1, -0.05) is 94.5 Å². The maximum Gasteiger partial charge on any atom is 0.328 e. The molecule has 0 fully saturated rings. The molecule has 2 heterocycles. The Morgan fingerprint density at radius 1 is 0.843 bits per heavy atom. The summed E-state index contributed by atoms with van der Waals surface area (Å²) in [5.74, 6) is 0.384. The van der Waals surface area contributed by atoms with Crippen molar-refractivity contribution in [1.29, 1.82) is 0 Å². The van der Waals surface area contributed by atoms with Crippen LogP contribution in [0.15, 0.2) is 54.7 Å². The molecular formula is C38H50Cl3N3O5Si2. The van der Waals surface area contributed by atoms with E-state index in [1.807, 2.05) is 30.3 Å². The first-order chi connectivity index (χ1) is 23.5. The molecular weight excluding hydrogens is 741 g/mol. The number of rotatable bonds is 12. The highest BCUT2D eigenvalue weighted by molar-refractivity contribution is 6.75. The summed E-state index contributed by atoms with van der Waals surface area (Å²) in [6.07, 6.45) is 1.72. The second kappa shape index (κ2) is 15.5. The number of benzene rings is 2. The van der Waals surface area contributed by atoms with Crippen LogP contribution < -0.4 is 14.2 Å². The van der Waals surface area contributed by atoms with E-state index in [0.717, 1.165) is 11.1 Å². The number of pyridine rings is 1. The second-order valence-corrected chi connectivity index (χ2v) is 26.6. The summed E-state index contributed by atoms with van der Waals surface area (Å²) in [6, 6.07) is 13.6. The molecule has 1 N–H and O–H groups in total. The van der Waals surface area contributed by atoms with Gasteiger partial charge >= 0.3 is 5.97 Å². The van der Waals surface area contributed by atoms with E-state index in [9.17, 15) is 9.59 Å². The number of nitrogens with zero attached hydrogens (tertiary/aromatic N) is 2. The number of amides is 1. The van der Waals surface area contributed by atoms with Gasteiger partial charge < -0.3 is 23.3 Å². The summed E-state index contributed by atoms with van der Waals surface area (Å²) in [5, 5.41) is 4.14. The van der Waals surface area contributed by atoms with Crippen molar-refractivity contribution < 1.29 is 23.2 Å². The number of ether oxygens (including phenoxy) is 1. The zero-order valence-electron chi connectivity index (χ0n) is 31.5. The largest absolute Gasteiger partial charge is 0.541 e. The van der Waals surface area contributed by atoms with Gasteiger partial charge in [-0.25, -0.2) is 9.78 Å². The Balaban J connectivity index is 1.70. The van der Waals surface area contributed by atoms with Gasteiger partial charge in [0, 0.05) is 23.2 Å². The summed E-state index contributed by atoms with van der Waals surface area (Å²) < 4.78 is 20.8. The third-order valence-corrected chi connectivity index (χ3v) is 19.3. The molecule has 0 radical (unpaired) electrons. The van der Waals surface area contributed by atoms with Crippen molar-refractivity contribution in [1.82, 2.24) is 14.7 Å². The fourth-order valence-corrected chi connectivity index (χ4v) is 7.58. The highest BCUT2D eigenvalue weighted by atomic mass is 35.5. The summed E-state index contributed by atoms with van der Waals surface area (Å²) in [4.78, 5) is 32.0. The highest BCUT2D eigenvalue weighted by Crippen LogP contribution is 2.44. The van der Waals surface area contributed by atoms with Crippen LogP contribution in [-0.4, -0.2) is 50.5 Å². The quantitative estimate of drug-likeness (QED) is 0.114. The van der Waals surface area contributed by atoms with Gasteiger partial charge in [0.2, 0.25) is 5.91 Å². The fraction of sp³-hybridized carbons (Fsp3) is 0.447. The Morgan fingerprint density at radius 3 is 2.00 bits per heavy atom. The first-order valence-electron chi connectivity index (χ1n) is 17.1. The molecule has 0 saturated heterocycles. The van der Waals surface area contributed by atoms with E-state index in [-0.39, 0.29) is 29.5 Å². The van der Waals surface area contributed by atoms with Crippen molar-refractivity contribution >= 4 is 69.0 Å². The zero-order chi connectivity index (χ0) is 38.1. The fourth-order valence-electron chi connectivity index (χ4n) is 4.90. The van der Waals surface area contributed by atoms with Gasteiger partial charge in [-0.3, -0.25) is 4.79 Å². The standard InChI is InChI=1S/C38H50Cl3N3O5Si2/c1-12-47-36(46)29(19-24-13-18-31(48-50(8,9)37(2,3)4)32(20-24)49-51(10,11)38(5,6)7)42-33(45)22-30-34(25-14-16-26(39)17-15-25)43-35-28(41)21-27(40)23-44(30)35/h13-18,20-21,23,29H,12,19,22H2,1-11H3,(H,42,45). The Morgan fingerprint density at radius 2 is 1.43 bits per heavy atom. The Hall–Kier alpha value is -3.03. The zero-order valence-corrected chi connectivity index (χ0v) is 35.7. The van der Waals surface area contributed by atoms with Gasteiger partial charge in [-0.05, 0) is 79.1 Å². The normalized spacial score (nSPS) is 13.2. The van der Waals surface area contributed by atoms with Crippen LogP contribution in [0.25, 0.3) is 16.9 Å². The number of esters is 1. The van der Waals surface area contributed by atoms with Gasteiger partial charge in [-0.2, -0.15) is 0 Å². The predicted octanol–water partition coefficient (Wildman–Crippen LogP) is 10.6. The van der Waals surface area contributed by atoms with Crippen LogP contribution in [0.3, 0.4) is 0 Å². The van der Waals surface area contributed by atoms with E-state index in [4.69, 9.17) is 53.4 Å². The number of carbonyl (C=O) groups is 2. The lowest BCUT2D eigenvalue weighted by Crippen LogP contribution is -2.46. The van der Waals surface area contributed by atoms with Crippen molar-refractivity contribution in [2.75, 3.05) is 6.61 Å². The molecule has 4 aromatic rings. The lowest BCUT2D eigenvalue weighted by molar-refractivity contribution is -0.147. The first kappa shape index (κ1) is 40.7. The minimum absolute atomic E-state index is 0.0237. The van der Waals surface area contributed by atoms with Crippen LogP contribution in [0, 0.1) is 0 Å². The molecule has 4 rings (SSSR count). The molecule has 1 amide bonds. The smallest absolute Gasteiger partial charge is 0.328 e. The van der Waals surface area contributed by atoms with Crippen LogP contribution in [0.5, 0.6) is 11.5 Å². The van der Waals surface area contributed by atoms with Crippen LogP contribution in [0.1, 0.15) is 59.7 Å². The second-order valence-electron chi connectivity index (χ2n) is 15.9. The van der Waals surface area contributed by atoms with Gasteiger partial charge in [-0.15, -0.1) is 0 Å². The minimum Gasteiger partial charge on any atom is -0.541 e. The molecule has 2 aromatic carbocycles. The first-order valence-corrected chi connectivity index (χ1v) is 24.1. The van der Waals surface area contributed by atoms with Gasteiger partial charge in [0.1, 0.15) is 17.5 Å². The minimum atomic E-state index is -2.29. The third kappa shape index (κ3) is 9.70. The summed E-state index contributed by atoms with van der Waals surface area (Å²) >= 11 is 19.1. The molecule has 0 aliphatic rings. The van der Waals surface area contributed by atoms with Crippen molar-refractivity contribution in [2.45, 2.75) is 104 Å². The number of aromatic nitrogens is 2. The molecule has 0 saturated carbocycles. The number of carbonyl (C=O) groups excluding carboxylic acids is 2. The van der Waals surface area contributed by atoms with Crippen LogP contribution in [0.4, 0.5) is 0 Å². The van der Waals surface area contributed by atoms with Gasteiger partial charge in [0.05, 0.1) is 34.5 Å². The molecule has 51 heavy (non-hydrogen) atoms. The maximum atomic E-state index is 13.9. The van der Waals surface area contributed by atoms with Crippen molar-refractivity contribution in [2.24, 2.45) is 0 Å². The van der Waals surface area contributed by atoms with E-state index in [1.165, 1.54) is 0 Å². The van der Waals surface area contributed by atoms with E-state index >= 15 is 0 Å². The Kier molecular flexibility index (Phi) is 12.4. The van der Waals surface area contributed by atoms with Crippen molar-refractivity contribution in [3.05, 3.63) is 81.1 Å². The monoisotopic (exact) mass is 789 g/mol. The van der Waals surface area contributed by atoms with Gasteiger partial charge in [0.25, 0.3) is 16.6 Å². The van der Waals surface area contributed by atoms with Crippen LogP contribution in [0.2, 0.25) is 51.3 Å². The van der Waals surface area contributed by atoms with Gasteiger partial charge in [0.15, 0.2) is 5.65 Å². The molecule has 0 spiro atoms. The number of hydrogen-bond donors (Lipinski definition) is 1. The average Bonchev–Trinajstić information content (AvgIpc) is 3.35. The highest BCUT2D eigenvalue weighted by Gasteiger charge is 2.42. The van der Waals surface area contributed by atoms with E-state index in [2.05, 4.69) is 73.0 Å².